The van der Waals surface area contributed by atoms with Crippen LogP contribution in [-0.2, 0) is 26.8 Å². The Balaban J connectivity index is 1.49. The molecule has 2 heterocycles. The fourth-order valence-corrected chi connectivity index (χ4v) is 6.89. The molecule has 3 aliphatic rings. The molecule has 0 aromatic heterocycles. The van der Waals surface area contributed by atoms with Crippen LogP contribution in [0, 0.1) is 0 Å². The van der Waals surface area contributed by atoms with Gasteiger partial charge in [-0.2, -0.15) is 17.0 Å². The molecule has 0 bridgehead atoms. The van der Waals surface area contributed by atoms with Crippen LogP contribution in [0.15, 0.2) is 24.3 Å². The van der Waals surface area contributed by atoms with Gasteiger partial charge in [-0.25, -0.2) is 0 Å². The van der Waals surface area contributed by atoms with Crippen molar-refractivity contribution in [2.24, 2.45) is 0 Å². The van der Waals surface area contributed by atoms with Gasteiger partial charge in [0, 0.05) is 32.8 Å². The van der Waals surface area contributed by atoms with Crippen LogP contribution in [0.4, 0.5) is 0 Å². The summed E-state index contributed by atoms with van der Waals surface area (Å²) in [6.45, 7) is 2.38. The van der Waals surface area contributed by atoms with Crippen LogP contribution in [0.25, 0.3) is 0 Å². The summed E-state index contributed by atoms with van der Waals surface area (Å²) in [7, 11) is -1.73. The molecule has 2 aliphatic heterocycles. The predicted octanol–water partition coefficient (Wildman–Crippen LogP) is 2.32. The number of nitrogens with zero attached hydrogens (tertiary/aromatic N) is 2. The standard InChI is InChI=1S/C19H28N2O3S/c1-24-15-17-6-4-12-21(17)25(22,23)20-13-10-19(11-14-20)9-8-16-5-2-3-7-18(16)19/h2-3,5,7,17H,4,6,8-15H2,1H3/t17-/m0/s1. The Morgan fingerprint density at radius 3 is 2.68 bits per heavy atom. The fraction of sp³-hybridized carbons (Fsp3) is 0.684. The highest BCUT2D eigenvalue weighted by molar-refractivity contribution is 7.86. The van der Waals surface area contributed by atoms with Crippen molar-refractivity contribution < 1.29 is 13.2 Å². The number of rotatable bonds is 4. The molecule has 138 valence electrons. The second kappa shape index (κ2) is 6.65. The first-order valence-electron chi connectivity index (χ1n) is 9.41. The van der Waals surface area contributed by atoms with Crippen molar-refractivity contribution in [3.8, 4) is 0 Å². The summed E-state index contributed by atoms with van der Waals surface area (Å²) in [6, 6.07) is 8.71. The Hall–Kier alpha value is -0.950. The number of hydrogen-bond acceptors (Lipinski definition) is 3. The van der Waals surface area contributed by atoms with Gasteiger partial charge in [0.05, 0.1) is 6.61 Å². The molecule has 0 unspecified atom stereocenters. The Labute approximate surface area is 151 Å². The second-order valence-corrected chi connectivity index (χ2v) is 9.59. The van der Waals surface area contributed by atoms with Gasteiger partial charge in [0.25, 0.3) is 10.2 Å². The van der Waals surface area contributed by atoms with Crippen molar-refractivity contribution in [3.05, 3.63) is 35.4 Å². The van der Waals surface area contributed by atoms with E-state index in [0.29, 0.717) is 26.2 Å². The van der Waals surface area contributed by atoms with E-state index in [1.165, 1.54) is 11.1 Å². The molecule has 1 atom stereocenters. The van der Waals surface area contributed by atoms with Gasteiger partial charge in [-0.15, -0.1) is 0 Å². The van der Waals surface area contributed by atoms with Gasteiger partial charge < -0.3 is 4.74 Å². The third-order valence-corrected chi connectivity index (χ3v) is 8.54. The van der Waals surface area contributed by atoms with Crippen LogP contribution in [0.3, 0.4) is 0 Å². The SMILES string of the molecule is COC[C@@H]1CCCN1S(=O)(=O)N1CCC2(CCc3ccccc32)CC1. The molecule has 0 amide bonds. The minimum absolute atomic E-state index is 0.00177. The number of piperidine rings is 1. The maximum Gasteiger partial charge on any atom is 0.282 e. The lowest BCUT2D eigenvalue weighted by Gasteiger charge is -2.41. The predicted molar refractivity (Wildman–Crippen MR) is 97.8 cm³/mol. The first-order chi connectivity index (χ1) is 12.1. The quantitative estimate of drug-likeness (QED) is 0.824. The van der Waals surface area contributed by atoms with Crippen molar-refractivity contribution in [1.29, 1.82) is 0 Å². The zero-order valence-corrected chi connectivity index (χ0v) is 15.8. The van der Waals surface area contributed by atoms with Gasteiger partial charge in [-0.3, -0.25) is 0 Å². The Morgan fingerprint density at radius 1 is 1.16 bits per heavy atom. The monoisotopic (exact) mass is 364 g/mol. The van der Waals surface area contributed by atoms with E-state index in [2.05, 4.69) is 24.3 Å². The van der Waals surface area contributed by atoms with Gasteiger partial charge >= 0.3 is 0 Å². The van der Waals surface area contributed by atoms with E-state index >= 15 is 0 Å². The molecule has 1 aromatic carbocycles. The summed E-state index contributed by atoms with van der Waals surface area (Å²) in [6.07, 6.45) is 6.00. The molecule has 25 heavy (non-hydrogen) atoms. The van der Waals surface area contributed by atoms with Crippen molar-refractivity contribution in [2.75, 3.05) is 33.4 Å². The topological polar surface area (TPSA) is 49.9 Å². The summed E-state index contributed by atoms with van der Waals surface area (Å²) in [5.74, 6) is 0. The minimum atomic E-state index is -3.37. The summed E-state index contributed by atoms with van der Waals surface area (Å²) in [5, 5.41) is 0. The number of ether oxygens (including phenoxy) is 1. The van der Waals surface area contributed by atoms with Crippen LogP contribution in [0.5, 0.6) is 0 Å². The smallest absolute Gasteiger partial charge is 0.282 e. The molecule has 2 saturated heterocycles. The molecule has 0 N–H and O–H groups in total. The van der Waals surface area contributed by atoms with E-state index in [4.69, 9.17) is 4.74 Å². The van der Waals surface area contributed by atoms with Crippen molar-refractivity contribution in [3.63, 3.8) is 0 Å². The zero-order chi connectivity index (χ0) is 17.5. The third-order valence-electron chi connectivity index (χ3n) is 6.45. The Morgan fingerprint density at radius 2 is 1.92 bits per heavy atom. The van der Waals surface area contributed by atoms with E-state index in [9.17, 15) is 8.42 Å². The van der Waals surface area contributed by atoms with Crippen LogP contribution in [0.1, 0.15) is 43.2 Å². The van der Waals surface area contributed by atoms with Crippen molar-refractivity contribution in [2.45, 2.75) is 50.0 Å². The van der Waals surface area contributed by atoms with E-state index in [-0.39, 0.29) is 11.5 Å². The lowest BCUT2D eigenvalue weighted by molar-refractivity contribution is 0.142. The first kappa shape index (κ1) is 17.5. The number of benzene rings is 1. The largest absolute Gasteiger partial charge is 0.383 e. The summed E-state index contributed by atoms with van der Waals surface area (Å²) in [4.78, 5) is 0. The van der Waals surface area contributed by atoms with Gasteiger partial charge in [-0.1, -0.05) is 24.3 Å². The Kier molecular flexibility index (Phi) is 4.65. The summed E-state index contributed by atoms with van der Waals surface area (Å²) in [5.41, 5.74) is 3.11. The van der Waals surface area contributed by atoms with Gasteiger partial charge in [0.2, 0.25) is 0 Å². The molecule has 0 radical (unpaired) electrons. The lowest BCUT2D eigenvalue weighted by Crippen LogP contribution is -2.51. The van der Waals surface area contributed by atoms with E-state index in [1.807, 2.05) is 0 Å². The van der Waals surface area contributed by atoms with Crippen molar-refractivity contribution in [1.82, 2.24) is 8.61 Å². The van der Waals surface area contributed by atoms with Gasteiger partial charge in [0.1, 0.15) is 0 Å². The molecule has 4 rings (SSSR count). The third kappa shape index (κ3) is 2.93. The highest BCUT2D eigenvalue weighted by Gasteiger charge is 2.45. The maximum atomic E-state index is 13.1. The number of methoxy groups -OCH3 is 1. The molecule has 0 saturated carbocycles. The molecule has 6 heteroatoms. The average molecular weight is 365 g/mol. The first-order valence-corrected chi connectivity index (χ1v) is 10.8. The van der Waals surface area contributed by atoms with Crippen LogP contribution < -0.4 is 0 Å². The van der Waals surface area contributed by atoms with Gasteiger partial charge in [0.15, 0.2) is 0 Å². The normalized spacial score (nSPS) is 27.0. The molecule has 1 aromatic rings. The zero-order valence-electron chi connectivity index (χ0n) is 15.0. The van der Waals surface area contributed by atoms with Crippen molar-refractivity contribution >= 4 is 10.2 Å². The maximum absolute atomic E-state index is 13.1. The summed E-state index contributed by atoms with van der Waals surface area (Å²) >= 11 is 0. The molecule has 5 nitrogen and oxygen atoms in total. The van der Waals surface area contributed by atoms with Crippen LogP contribution in [0.2, 0.25) is 0 Å². The fourth-order valence-electron chi connectivity index (χ4n) is 5.05. The van der Waals surface area contributed by atoms with Crippen LogP contribution in [-0.4, -0.2) is 56.4 Å². The molecule has 1 aliphatic carbocycles. The molecular formula is C19H28N2O3S. The number of aryl methyl sites for hydroxylation is 1. The second-order valence-electron chi connectivity index (χ2n) is 7.71. The highest BCUT2D eigenvalue weighted by Crippen LogP contribution is 2.46. The molecular weight excluding hydrogens is 336 g/mol. The molecule has 1 spiro atoms. The lowest BCUT2D eigenvalue weighted by atomic mass is 9.74. The van der Waals surface area contributed by atoms with Gasteiger partial charge in [-0.05, 0) is 55.1 Å². The average Bonchev–Trinajstić information content (AvgIpc) is 3.23. The Bertz CT molecular complexity index is 726. The van der Waals surface area contributed by atoms with Crippen LogP contribution >= 0.6 is 0 Å². The molecule has 2 fully saturated rings. The highest BCUT2D eigenvalue weighted by atomic mass is 32.2. The summed E-state index contributed by atoms with van der Waals surface area (Å²) < 4.78 is 34.9. The number of fused-ring (bicyclic) bond motifs is 2. The van der Waals surface area contributed by atoms with E-state index in [1.54, 1.807) is 15.7 Å². The van der Waals surface area contributed by atoms with E-state index < -0.39 is 10.2 Å². The number of hydrogen-bond donors (Lipinski definition) is 0. The van der Waals surface area contributed by atoms with E-state index in [0.717, 1.165) is 38.5 Å². The minimum Gasteiger partial charge on any atom is -0.383 e.